The first-order chi connectivity index (χ1) is 16.1. The number of halogens is 2. The van der Waals surface area contributed by atoms with E-state index in [1.165, 1.54) is 12.4 Å². The van der Waals surface area contributed by atoms with E-state index in [1.807, 2.05) is 17.0 Å². The van der Waals surface area contributed by atoms with E-state index in [4.69, 9.17) is 11.6 Å². The van der Waals surface area contributed by atoms with Gasteiger partial charge in [0.2, 0.25) is 5.91 Å². The zero-order chi connectivity index (χ0) is 22.8. The fraction of sp³-hybridized carbons (Fsp3) is 0.409. The van der Waals surface area contributed by atoms with Crippen molar-refractivity contribution in [3.05, 3.63) is 53.8 Å². The van der Waals surface area contributed by atoms with Gasteiger partial charge in [0.25, 0.3) is 0 Å². The third-order valence-electron chi connectivity index (χ3n) is 6.32. The molecule has 3 aromatic rings. The van der Waals surface area contributed by atoms with Gasteiger partial charge in [-0.3, -0.25) is 4.79 Å². The fourth-order valence-corrected chi connectivity index (χ4v) is 4.59. The number of rotatable bonds is 4. The van der Waals surface area contributed by atoms with Gasteiger partial charge in [-0.1, -0.05) is 11.6 Å². The van der Waals surface area contributed by atoms with Gasteiger partial charge in [-0.25, -0.2) is 14.1 Å². The van der Waals surface area contributed by atoms with Crippen LogP contribution in [0, 0.1) is 11.7 Å². The summed E-state index contributed by atoms with van der Waals surface area (Å²) in [7, 11) is 0. The van der Waals surface area contributed by atoms with E-state index in [9.17, 15) is 9.18 Å². The van der Waals surface area contributed by atoms with E-state index in [-0.39, 0.29) is 16.8 Å². The normalized spacial score (nSPS) is 17.5. The predicted molar refractivity (Wildman–Crippen MR) is 122 cm³/mol. The first-order valence-corrected chi connectivity index (χ1v) is 11.4. The Morgan fingerprint density at radius 3 is 2.30 bits per heavy atom. The van der Waals surface area contributed by atoms with Crippen molar-refractivity contribution in [1.29, 1.82) is 0 Å². The molecule has 0 radical (unpaired) electrons. The average molecular weight is 471 g/mol. The minimum atomic E-state index is -0.419. The molecule has 11 heteroatoms. The topological polar surface area (TPSA) is 83.3 Å². The van der Waals surface area contributed by atoms with Gasteiger partial charge in [0.1, 0.15) is 18.5 Å². The molecular formula is C22H24ClFN8O. The van der Waals surface area contributed by atoms with Gasteiger partial charge in [0.15, 0.2) is 11.6 Å². The summed E-state index contributed by atoms with van der Waals surface area (Å²) in [6, 6.07) is 8.55. The van der Waals surface area contributed by atoms with E-state index < -0.39 is 5.82 Å². The number of carbonyl (C=O) groups excluding carboxylic acids is 1. The molecule has 0 saturated carbocycles. The van der Waals surface area contributed by atoms with Gasteiger partial charge in [-0.15, -0.1) is 10.2 Å². The highest BCUT2D eigenvalue weighted by Crippen LogP contribution is 2.26. The molecule has 0 atom stereocenters. The van der Waals surface area contributed by atoms with Crippen LogP contribution in [0.5, 0.6) is 0 Å². The largest absolute Gasteiger partial charge is 0.368 e. The zero-order valence-corrected chi connectivity index (χ0v) is 18.8. The molecule has 33 heavy (non-hydrogen) atoms. The van der Waals surface area contributed by atoms with Crippen LogP contribution in [0.4, 0.5) is 15.9 Å². The van der Waals surface area contributed by atoms with E-state index in [0.29, 0.717) is 32.0 Å². The molecule has 2 fully saturated rings. The van der Waals surface area contributed by atoms with Crippen molar-refractivity contribution in [2.75, 3.05) is 49.1 Å². The lowest BCUT2D eigenvalue weighted by atomic mass is 9.95. The fourth-order valence-electron chi connectivity index (χ4n) is 4.42. The van der Waals surface area contributed by atoms with Crippen LogP contribution >= 0.6 is 11.6 Å². The van der Waals surface area contributed by atoms with Crippen LogP contribution in [0.15, 0.2) is 43.0 Å². The summed E-state index contributed by atoms with van der Waals surface area (Å²) in [5.74, 6) is 1.24. The van der Waals surface area contributed by atoms with Crippen molar-refractivity contribution in [1.82, 2.24) is 29.9 Å². The monoisotopic (exact) mass is 470 g/mol. The van der Waals surface area contributed by atoms with Crippen LogP contribution in [0.25, 0.3) is 5.82 Å². The molecule has 2 aliphatic rings. The van der Waals surface area contributed by atoms with Crippen LogP contribution in [-0.4, -0.2) is 75.0 Å². The van der Waals surface area contributed by atoms with Gasteiger partial charge in [-0.2, -0.15) is 5.10 Å². The Balaban J connectivity index is 1.12. The summed E-state index contributed by atoms with van der Waals surface area (Å²) >= 11 is 5.92. The highest BCUT2D eigenvalue weighted by atomic mass is 35.5. The number of benzene rings is 1. The minimum Gasteiger partial charge on any atom is -0.368 e. The van der Waals surface area contributed by atoms with Crippen molar-refractivity contribution in [3.8, 4) is 5.82 Å². The second kappa shape index (κ2) is 9.30. The van der Waals surface area contributed by atoms with Crippen molar-refractivity contribution in [2.24, 2.45) is 5.92 Å². The lowest BCUT2D eigenvalue weighted by Crippen LogP contribution is -2.51. The van der Waals surface area contributed by atoms with Gasteiger partial charge < -0.3 is 14.7 Å². The SMILES string of the molecule is O=C(C1CCN(c2ccc(-n3cncn3)nn2)CC1)N1CCN(c2ccc(F)c(Cl)c2)CC1. The summed E-state index contributed by atoms with van der Waals surface area (Å²) in [6.07, 6.45) is 4.61. The number of hydrogen-bond acceptors (Lipinski definition) is 7. The molecule has 9 nitrogen and oxygen atoms in total. The third-order valence-corrected chi connectivity index (χ3v) is 6.61. The van der Waals surface area contributed by atoms with Crippen LogP contribution < -0.4 is 9.80 Å². The highest BCUT2D eigenvalue weighted by Gasteiger charge is 2.31. The number of nitrogens with zero attached hydrogens (tertiary/aromatic N) is 8. The second-order valence-electron chi connectivity index (χ2n) is 8.26. The standard InChI is InChI=1S/C22H24ClFN8O/c23-18-13-17(1-2-19(18)24)29-9-11-31(12-10-29)22(33)16-5-7-30(8-6-16)20-3-4-21(28-27-20)32-15-25-14-26-32/h1-4,13-16H,5-12H2. The molecule has 172 valence electrons. The number of aromatic nitrogens is 5. The molecule has 0 bridgehead atoms. The summed E-state index contributed by atoms with van der Waals surface area (Å²) in [5.41, 5.74) is 0.887. The van der Waals surface area contributed by atoms with Gasteiger partial charge in [0, 0.05) is 50.9 Å². The Kier molecular flexibility index (Phi) is 6.08. The van der Waals surface area contributed by atoms with Gasteiger partial charge in [0.05, 0.1) is 5.02 Å². The Morgan fingerprint density at radius 1 is 0.939 bits per heavy atom. The second-order valence-corrected chi connectivity index (χ2v) is 8.67. The molecule has 0 aliphatic carbocycles. The Morgan fingerprint density at radius 2 is 1.67 bits per heavy atom. The van der Waals surface area contributed by atoms with Crippen molar-refractivity contribution in [2.45, 2.75) is 12.8 Å². The molecule has 5 rings (SSSR count). The van der Waals surface area contributed by atoms with Crippen LogP contribution in [0.3, 0.4) is 0 Å². The maximum Gasteiger partial charge on any atom is 0.225 e. The smallest absolute Gasteiger partial charge is 0.225 e. The molecule has 2 saturated heterocycles. The average Bonchev–Trinajstić information content (AvgIpc) is 3.41. The molecule has 0 N–H and O–H groups in total. The van der Waals surface area contributed by atoms with Crippen LogP contribution in [0.1, 0.15) is 12.8 Å². The number of anilines is 2. The van der Waals surface area contributed by atoms with E-state index in [0.717, 1.165) is 37.4 Å². The van der Waals surface area contributed by atoms with E-state index >= 15 is 0 Å². The third kappa shape index (κ3) is 4.61. The first kappa shape index (κ1) is 21.6. The van der Waals surface area contributed by atoms with Crippen LogP contribution in [0.2, 0.25) is 5.02 Å². The molecule has 1 amide bonds. The Hall–Kier alpha value is -3.27. The number of piperidine rings is 1. The minimum absolute atomic E-state index is 0.0236. The number of piperazine rings is 1. The summed E-state index contributed by atoms with van der Waals surface area (Å²) in [6.45, 7) is 4.26. The Labute approximate surface area is 195 Å². The van der Waals surface area contributed by atoms with Gasteiger partial charge in [-0.05, 0) is 43.2 Å². The lowest BCUT2D eigenvalue weighted by Gasteiger charge is -2.39. The maximum absolute atomic E-state index is 13.4. The number of carbonyl (C=O) groups is 1. The van der Waals surface area contributed by atoms with E-state index in [1.54, 1.807) is 23.1 Å². The summed E-state index contributed by atoms with van der Waals surface area (Å²) < 4.78 is 15.0. The van der Waals surface area contributed by atoms with Crippen molar-refractivity contribution in [3.63, 3.8) is 0 Å². The number of hydrogen-bond donors (Lipinski definition) is 0. The number of amides is 1. The quantitative estimate of drug-likeness (QED) is 0.579. The van der Waals surface area contributed by atoms with Gasteiger partial charge >= 0.3 is 0 Å². The molecule has 0 unspecified atom stereocenters. The zero-order valence-electron chi connectivity index (χ0n) is 18.0. The van der Waals surface area contributed by atoms with Crippen molar-refractivity contribution < 1.29 is 9.18 Å². The maximum atomic E-state index is 13.4. The molecule has 0 spiro atoms. The highest BCUT2D eigenvalue weighted by molar-refractivity contribution is 6.31. The lowest BCUT2D eigenvalue weighted by molar-refractivity contribution is -0.136. The summed E-state index contributed by atoms with van der Waals surface area (Å²) in [5, 5.41) is 12.7. The molecule has 4 heterocycles. The van der Waals surface area contributed by atoms with Crippen LogP contribution in [-0.2, 0) is 4.79 Å². The molecular weight excluding hydrogens is 447 g/mol. The molecule has 1 aromatic carbocycles. The first-order valence-electron chi connectivity index (χ1n) is 11.0. The van der Waals surface area contributed by atoms with Crippen molar-refractivity contribution >= 4 is 29.0 Å². The molecule has 2 aliphatic heterocycles. The van der Waals surface area contributed by atoms with E-state index in [2.05, 4.69) is 30.1 Å². The molecule has 2 aromatic heterocycles. The summed E-state index contributed by atoms with van der Waals surface area (Å²) in [4.78, 5) is 23.3. The predicted octanol–water partition coefficient (Wildman–Crippen LogP) is 2.42. The Bertz CT molecular complexity index is 1090.